The number of hydrogen-bond donors (Lipinski definition) is 0. The van der Waals surface area contributed by atoms with Crippen LogP contribution in [0.3, 0.4) is 0 Å². The van der Waals surface area contributed by atoms with E-state index in [9.17, 15) is 0 Å². The molecule has 43 heavy (non-hydrogen) atoms. The van der Waals surface area contributed by atoms with Crippen LogP contribution in [0.5, 0.6) is 0 Å². The zero-order chi connectivity index (χ0) is 28.1. The molecule has 5 aromatic carbocycles. The van der Waals surface area contributed by atoms with Gasteiger partial charge in [-0.15, -0.1) is 11.3 Å². The molecule has 0 amide bonds. The van der Waals surface area contributed by atoms with Crippen LogP contribution in [0.4, 0.5) is 0 Å². The molecule has 0 bridgehead atoms. The smallest absolute Gasteiger partial charge is 0.0361 e. The molecule has 1 heterocycles. The van der Waals surface area contributed by atoms with Gasteiger partial charge in [0.15, 0.2) is 0 Å². The zero-order valence-corrected chi connectivity index (χ0v) is 24.2. The van der Waals surface area contributed by atoms with E-state index in [1.807, 2.05) is 11.3 Å². The van der Waals surface area contributed by atoms with Gasteiger partial charge in [0.1, 0.15) is 0 Å². The summed E-state index contributed by atoms with van der Waals surface area (Å²) >= 11 is 1.90. The largest absolute Gasteiger partial charge is 0.135 e. The molecule has 0 aliphatic heterocycles. The Hall–Kier alpha value is -4.98. The van der Waals surface area contributed by atoms with Gasteiger partial charge in [-0.1, -0.05) is 127 Å². The second-order valence-electron chi connectivity index (χ2n) is 12.0. The molecule has 0 radical (unpaired) electrons. The average Bonchev–Trinajstić information content (AvgIpc) is 3.46. The van der Waals surface area contributed by atoms with Crippen molar-refractivity contribution in [2.75, 3.05) is 0 Å². The van der Waals surface area contributed by atoms with Gasteiger partial charge < -0.3 is 0 Å². The Morgan fingerprint density at radius 3 is 2.14 bits per heavy atom. The molecule has 0 saturated carbocycles. The van der Waals surface area contributed by atoms with Crippen molar-refractivity contribution in [1.29, 1.82) is 0 Å². The van der Waals surface area contributed by atoms with Crippen molar-refractivity contribution < 1.29 is 0 Å². The summed E-state index contributed by atoms with van der Waals surface area (Å²) in [7, 11) is 0. The molecule has 200 valence electrons. The average molecular weight is 563 g/mol. The molecule has 0 saturated heterocycles. The highest BCUT2D eigenvalue weighted by Crippen LogP contribution is 2.55. The third kappa shape index (κ3) is 3.26. The lowest BCUT2D eigenvalue weighted by Gasteiger charge is -2.42. The molecule has 0 N–H and O–H groups in total. The number of hydrogen-bond acceptors (Lipinski definition) is 1. The standard InChI is InChI=1S/C42H26S/c1-2-9-28-27(8-1)24-37(30-11-4-3-10-29(28)30)32-21-17-26-18-22-34-31(20-16-25-19-23-35(32)41(26)40(25)34)33-13-7-15-39-42(33)36-12-5-6-14-38(36)43-39/h1-24,40-41H. The van der Waals surface area contributed by atoms with Crippen LogP contribution < -0.4 is 0 Å². The van der Waals surface area contributed by atoms with Crippen LogP contribution in [0.15, 0.2) is 168 Å². The van der Waals surface area contributed by atoms with E-state index in [2.05, 4.69) is 146 Å². The van der Waals surface area contributed by atoms with E-state index in [1.54, 1.807) is 0 Å². The Morgan fingerprint density at radius 2 is 1.21 bits per heavy atom. The predicted molar refractivity (Wildman–Crippen MR) is 185 cm³/mol. The molecule has 6 aromatic rings. The molecule has 1 heteroatoms. The molecule has 4 aliphatic carbocycles. The van der Waals surface area contributed by atoms with Crippen molar-refractivity contribution in [2.24, 2.45) is 11.8 Å². The van der Waals surface area contributed by atoms with Gasteiger partial charge in [0, 0.05) is 32.0 Å². The third-order valence-electron chi connectivity index (χ3n) is 9.89. The fourth-order valence-corrected chi connectivity index (χ4v) is 9.17. The second kappa shape index (κ2) is 8.77. The van der Waals surface area contributed by atoms with Crippen molar-refractivity contribution in [2.45, 2.75) is 0 Å². The highest BCUT2D eigenvalue weighted by atomic mass is 32.1. The number of allylic oxidation sites excluding steroid dienone is 14. The first-order valence-corrected chi connectivity index (χ1v) is 15.9. The highest BCUT2D eigenvalue weighted by molar-refractivity contribution is 7.25. The lowest BCUT2D eigenvalue weighted by molar-refractivity contribution is 0.569. The number of fused-ring (bicyclic) bond motifs is 6. The van der Waals surface area contributed by atoms with Crippen LogP contribution in [0.1, 0.15) is 11.1 Å². The normalized spacial score (nSPS) is 20.4. The van der Waals surface area contributed by atoms with Gasteiger partial charge in [-0.05, 0) is 84.3 Å². The van der Waals surface area contributed by atoms with Crippen molar-refractivity contribution in [3.63, 3.8) is 0 Å². The first kappa shape index (κ1) is 23.6. The SMILES string of the molecule is C1=CC2=C(c3cccc4sc5ccccc5c34)C=CC3=CC=C4C(c5cc6ccccc6c6ccccc56)=CC=C1C4C32. The van der Waals surface area contributed by atoms with E-state index < -0.39 is 0 Å². The first-order valence-electron chi connectivity index (χ1n) is 15.1. The van der Waals surface area contributed by atoms with Crippen LogP contribution in [0, 0.1) is 11.8 Å². The van der Waals surface area contributed by atoms with E-state index >= 15 is 0 Å². The minimum Gasteiger partial charge on any atom is -0.135 e. The monoisotopic (exact) mass is 562 g/mol. The maximum atomic E-state index is 2.41. The summed E-state index contributed by atoms with van der Waals surface area (Å²) in [6.45, 7) is 0. The van der Waals surface area contributed by atoms with E-state index in [0.717, 1.165) is 0 Å². The van der Waals surface area contributed by atoms with Gasteiger partial charge in [-0.25, -0.2) is 0 Å². The van der Waals surface area contributed by atoms with Gasteiger partial charge in [-0.2, -0.15) is 0 Å². The third-order valence-corrected chi connectivity index (χ3v) is 11.0. The van der Waals surface area contributed by atoms with Crippen LogP contribution >= 0.6 is 11.3 Å². The van der Waals surface area contributed by atoms with Crippen LogP contribution in [0.25, 0.3) is 52.9 Å². The Labute approximate surface area is 254 Å². The Morgan fingerprint density at radius 1 is 0.488 bits per heavy atom. The summed E-state index contributed by atoms with van der Waals surface area (Å²) in [4.78, 5) is 0. The fraction of sp³-hybridized carbons (Fsp3) is 0.0476. The highest BCUT2D eigenvalue weighted by Gasteiger charge is 2.41. The Kier molecular flexibility index (Phi) is 4.80. The van der Waals surface area contributed by atoms with Crippen molar-refractivity contribution in [1.82, 2.24) is 0 Å². The molecule has 4 aliphatic rings. The van der Waals surface area contributed by atoms with Gasteiger partial charge in [0.05, 0.1) is 0 Å². The molecule has 0 fully saturated rings. The molecule has 2 unspecified atom stereocenters. The van der Waals surface area contributed by atoms with Gasteiger partial charge in [0.2, 0.25) is 0 Å². The first-order chi connectivity index (χ1) is 21.3. The number of benzene rings is 5. The molecule has 10 rings (SSSR count). The number of thiophene rings is 1. The van der Waals surface area contributed by atoms with Crippen LogP contribution in [-0.4, -0.2) is 0 Å². The molecule has 2 atom stereocenters. The maximum Gasteiger partial charge on any atom is 0.0361 e. The van der Waals surface area contributed by atoms with E-state index in [0.29, 0.717) is 11.8 Å². The van der Waals surface area contributed by atoms with E-state index in [4.69, 9.17) is 0 Å². The zero-order valence-electron chi connectivity index (χ0n) is 23.4. The number of rotatable bonds is 2. The lowest BCUT2D eigenvalue weighted by Crippen LogP contribution is -2.30. The van der Waals surface area contributed by atoms with Crippen molar-refractivity contribution >= 4 is 64.2 Å². The van der Waals surface area contributed by atoms with E-state index in [-0.39, 0.29) is 0 Å². The van der Waals surface area contributed by atoms with Gasteiger partial charge in [-0.3, -0.25) is 0 Å². The van der Waals surface area contributed by atoms with Gasteiger partial charge in [0.25, 0.3) is 0 Å². The van der Waals surface area contributed by atoms with Crippen molar-refractivity contribution in [3.05, 3.63) is 179 Å². The topological polar surface area (TPSA) is 0 Å². The maximum absolute atomic E-state index is 2.41. The summed E-state index contributed by atoms with van der Waals surface area (Å²) in [5, 5.41) is 8.00. The summed E-state index contributed by atoms with van der Waals surface area (Å²) in [5.41, 5.74) is 11.1. The van der Waals surface area contributed by atoms with Gasteiger partial charge >= 0.3 is 0 Å². The van der Waals surface area contributed by atoms with Crippen LogP contribution in [0.2, 0.25) is 0 Å². The summed E-state index contributed by atoms with van der Waals surface area (Å²) in [6.07, 6.45) is 19.1. The molecular formula is C42H26S. The summed E-state index contributed by atoms with van der Waals surface area (Å²) < 4.78 is 2.71. The summed E-state index contributed by atoms with van der Waals surface area (Å²) in [5.74, 6) is 0.621. The van der Waals surface area contributed by atoms with Crippen LogP contribution in [-0.2, 0) is 0 Å². The molecule has 0 nitrogen and oxygen atoms in total. The molecular weight excluding hydrogens is 537 g/mol. The second-order valence-corrected chi connectivity index (χ2v) is 13.1. The molecule has 1 aromatic heterocycles. The summed E-state index contributed by atoms with van der Waals surface area (Å²) in [6, 6.07) is 35.8. The van der Waals surface area contributed by atoms with E-state index in [1.165, 1.54) is 86.3 Å². The lowest BCUT2D eigenvalue weighted by atomic mass is 9.61. The minimum absolute atomic E-state index is 0.309. The fourth-order valence-electron chi connectivity index (χ4n) is 8.04. The quantitative estimate of drug-likeness (QED) is 0.184. The van der Waals surface area contributed by atoms with Crippen molar-refractivity contribution in [3.8, 4) is 0 Å². The molecule has 0 spiro atoms. The Bertz CT molecular complexity index is 2450. The minimum atomic E-state index is 0.309. The predicted octanol–water partition coefficient (Wildman–Crippen LogP) is 11.4. The Balaban J connectivity index is 1.18.